The molecule has 3 heteroatoms. The molecule has 1 unspecified atom stereocenters. The maximum Gasteiger partial charge on any atom is 0.153 e. The topological polar surface area (TPSA) is 20.2 Å². The largest absolute Gasteiger partial charge is 0.438 e. The third-order valence-electron chi connectivity index (χ3n) is 0.965. The quantitative estimate of drug-likeness (QED) is 0.479. The highest BCUT2D eigenvalue weighted by atomic mass is 29.2. The molecule has 38 valence electrons. The van der Waals surface area contributed by atoms with Crippen molar-refractivity contribution in [2.45, 2.75) is 19.6 Å². The fraction of sp³-hybridized carbons (Fsp3) is 1.00. The predicted molar refractivity (Wildman–Crippen MR) is 34.1 cm³/mol. The lowest BCUT2D eigenvalue weighted by atomic mass is 11.9. The Bertz CT molecular complexity index is 29.8. The first-order valence-corrected chi connectivity index (χ1v) is 8.97. The minimum atomic E-state index is -1.10. The molecule has 0 rings (SSSR count). The molecule has 0 aliphatic heterocycles. The molecule has 0 spiro atoms. The normalized spacial score (nSPS) is 15.5. The van der Waals surface area contributed by atoms with Crippen LogP contribution < -0.4 is 0 Å². The smallest absolute Gasteiger partial charge is 0.153 e. The van der Waals surface area contributed by atoms with Gasteiger partial charge >= 0.3 is 0 Å². The molecule has 0 amide bonds. The maximum absolute atomic E-state index is 8.83. The van der Waals surface area contributed by atoms with E-state index >= 15 is 0 Å². The van der Waals surface area contributed by atoms with Crippen LogP contribution in [0.1, 0.15) is 0 Å². The second-order valence-corrected chi connectivity index (χ2v) is 12.8. The van der Waals surface area contributed by atoms with Crippen LogP contribution in [0.15, 0.2) is 0 Å². The number of hydrogen-bond acceptors (Lipinski definition) is 1. The molecule has 1 atom stereocenters. The highest BCUT2D eigenvalue weighted by molar-refractivity contribution is 7.17. The molecule has 0 fully saturated rings. The first-order valence-electron chi connectivity index (χ1n) is 2.32. The lowest BCUT2D eigenvalue weighted by Crippen LogP contribution is -2.25. The highest BCUT2D eigenvalue weighted by Gasteiger charge is 2.03. The van der Waals surface area contributed by atoms with Gasteiger partial charge in [-0.2, -0.15) is 0 Å². The van der Waals surface area contributed by atoms with Crippen molar-refractivity contribution >= 4 is 16.9 Å². The van der Waals surface area contributed by atoms with Crippen molar-refractivity contribution in [2.75, 3.05) is 0 Å². The van der Waals surface area contributed by atoms with Crippen LogP contribution in [0.5, 0.6) is 0 Å². The van der Waals surface area contributed by atoms with Crippen LogP contribution in [0, 0.1) is 0 Å². The SMILES string of the molecule is C[SiH](C)[SiH](C)O. The van der Waals surface area contributed by atoms with Gasteiger partial charge in [0.05, 0.1) is 8.31 Å². The fourth-order valence-corrected chi connectivity index (χ4v) is 0. The standard InChI is InChI=1S/C3H12OSi2/c1-5(2)6(3)4/h4-6H,1-3H3. The summed E-state index contributed by atoms with van der Waals surface area (Å²) in [5, 5.41) is 0. The summed E-state index contributed by atoms with van der Waals surface area (Å²) in [6.07, 6.45) is 0. The Labute approximate surface area is 42.1 Å². The van der Waals surface area contributed by atoms with E-state index in [1.807, 2.05) is 6.55 Å². The van der Waals surface area contributed by atoms with Gasteiger partial charge in [-0.25, -0.2) is 0 Å². The van der Waals surface area contributed by atoms with E-state index < -0.39 is 16.9 Å². The van der Waals surface area contributed by atoms with Crippen molar-refractivity contribution < 1.29 is 4.80 Å². The van der Waals surface area contributed by atoms with Crippen LogP contribution in [-0.4, -0.2) is 21.7 Å². The molecular weight excluding hydrogens is 108 g/mol. The Hall–Kier alpha value is 0.394. The summed E-state index contributed by atoms with van der Waals surface area (Å²) in [6.45, 7) is 6.38. The van der Waals surface area contributed by atoms with E-state index in [4.69, 9.17) is 4.80 Å². The van der Waals surface area contributed by atoms with Gasteiger partial charge in [0, 0.05) is 0 Å². The van der Waals surface area contributed by atoms with E-state index in [0.29, 0.717) is 0 Å². The summed E-state index contributed by atoms with van der Waals surface area (Å²) in [7, 11) is -1.65. The third-order valence-corrected chi connectivity index (χ3v) is 8.68. The molecule has 0 aromatic carbocycles. The summed E-state index contributed by atoms with van der Waals surface area (Å²) >= 11 is 0. The fourth-order valence-electron chi connectivity index (χ4n) is 0. The Morgan fingerprint density at radius 2 is 1.33 bits per heavy atom. The Balaban J connectivity index is 2.99. The van der Waals surface area contributed by atoms with Gasteiger partial charge in [-0.15, -0.1) is 0 Å². The number of hydrogen-bond donors (Lipinski definition) is 1. The molecule has 0 heterocycles. The van der Waals surface area contributed by atoms with Crippen LogP contribution in [0.25, 0.3) is 0 Å². The van der Waals surface area contributed by atoms with E-state index in [9.17, 15) is 0 Å². The van der Waals surface area contributed by atoms with E-state index in [1.165, 1.54) is 0 Å². The highest BCUT2D eigenvalue weighted by Crippen LogP contribution is 1.81. The minimum Gasteiger partial charge on any atom is -0.438 e. The third kappa shape index (κ3) is 2.62. The van der Waals surface area contributed by atoms with E-state index in [2.05, 4.69) is 13.1 Å². The number of rotatable bonds is 1. The van der Waals surface area contributed by atoms with Gasteiger partial charge in [0.25, 0.3) is 0 Å². The van der Waals surface area contributed by atoms with Gasteiger partial charge in [0.1, 0.15) is 0 Å². The second-order valence-electron chi connectivity index (χ2n) is 1.98. The van der Waals surface area contributed by atoms with Gasteiger partial charge in [-0.3, -0.25) is 0 Å². The van der Waals surface area contributed by atoms with Crippen LogP contribution in [0.4, 0.5) is 0 Å². The summed E-state index contributed by atoms with van der Waals surface area (Å²) in [5.74, 6) is 0. The second kappa shape index (κ2) is 2.55. The van der Waals surface area contributed by atoms with Crippen molar-refractivity contribution in [1.82, 2.24) is 0 Å². The zero-order chi connectivity index (χ0) is 5.15. The summed E-state index contributed by atoms with van der Waals surface area (Å²) in [5.41, 5.74) is 0. The molecule has 0 aromatic rings. The van der Waals surface area contributed by atoms with E-state index in [0.717, 1.165) is 0 Å². The van der Waals surface area contributed by atoms with Crippen LogP contribution in [0.2, 0.25) is 19.6 Å². The van der Waals surface area contributed by atoms with Crippen LogP contribution in [0.3, 0.4) is 0 Å². The lowest BCUT2D eigenvalue weighted by Gasteiger charge is -1.99. The van der Waals surface area contributed by atoms with Crippen LogP contribution >= 0.6 is 0 Å². The molecule has 0 saturated carbocycles. The Kier molecular flexibility index (Phi) is 2.71. The molecule has 1 nitrogen and oxygen atoms in total. The molecule has 1 N–H and O–H groups in total. The van der Waals surface area contributed by atoms with Gasteiger partial charge in [0.15, 0.2) is 8.56 Å². The molecule has 6 heavy (non-hydrogen) atoms. The summed E-state index contributed by atoms with van der Waals surface area (Å²) < 4.78 is 0. The zero-order valence-electron chi connectivity index (χ0n) is 4.60. The molecule has 0 aromatic heterocycles. The summed E-state index contributed by atoms with van der Waals surface area (Å²) in [6, 6.07) is 0. The average Bonchev–Trinajstić information content (AvgIpc) is 1.36. The first kappa shape index (κ1) is 6.39. The molecule has 0 aliphatic rings. The molecule has 0 bridgehead atoms. The van der Waals surface area contributed by atoms with Crippen LogP contribution in [-0.2, 0) is 0 Å². The maximum atomic E-state index is 8.83. The first-order chi connectivity index (χ1) is 2.64. The summed E-state index contributed by atoms with van der Waals surface area (Å²) in [4.78, 5) is 8.83. The molecule has 0 radical (unpaired) electrons. The van der Waals surface area contributed by atoms with Gasteiger partial charge < -0.3 is 4.80 Å². The van der Waals surface area contributed by atoms with Crippen molar-refractivity contribution in [3.8, 4) is 0 Å². The lowest BCUT2D eigenvalue weighted by molar-refractivity contribution is 0.599. The van der Waals surface area contributed by atoms with Gasteiger partial charge in [0.2, 0.25) is 0 Å². The molecule has 0 saturated heterocycles. The predicted octanol–water partition coefficient (Wildman–Crippen LogP) is -0.103. The van der Waals surface area contributed by atoms with Crippen molar-refractivity contribution in [2.24, 2.45) is 0 Å². The van der Waals surface area contributed by atoms with Gasteiger partial charge in [-0.05, 0) is 0 Å². The van der Waals surface area contributed by atoms with Crippen molar-refractivity contribution in [3.63, 3.8) is 0 Å². The average molecular weight is 120 g/mol. The zero-order valence-corrected chi connectivity index (χ0v) is 6.91. The van der Waals surface area contributed by atoms with Gasteiger partial charge in [-0.1, -0.05) is 19.6 Å². The molecule has 0 aliphatic carbocycles. The Morgan fingerprint density at radius 1 is 1.17 bits per heavy atom. The minimum absolute atomic E-state index is 0.549. The Morgan fingerprint density at radius 3 is 1.33 bits per heavy atom. The van der Waals surface area contributed by atoms with Crippen molar-refractivity contribution in [1.29, 1.82) is 0 Å². The van der Waals surface area contributed by atoms with E-state index in [1.54, 1.807) is 0 Å². The molecular formula is C3H12OSi2. The van der Waals surface area contributed by atoms with E-state index in [-0.39, 0.29) is 0 Å². The monoisotopic (exact) mass is 120 g/mol. The van der Waals surface area contributed by atoms with Crippen molar-refractivity contribution in [3.05, 3.63) is 0 Å².